The molecule has 2 nitrogen and oxygen atoms in total. The molecular weight excluding hydrogens is 102 g/mol. The molecule has 0 aromatic rings. The van der Waals surface area contributed by atoms with Gasteiger partial charge in [0.25, 0.3) is 0 Å². The van der Waals surface area contributed by atoms with Crippen molar-refractivity contribution in [2.24, 2.45) is 0 Å². The lowest BCUT2D eigenvalue weighted by molar-refractivity contribution is -0.118. The summed E-state index contributed by atoms with van der Waals surface area (Å²) in [5.41, 5.74) is 0. The van der Waals surface area contributed by atoms with Crippen LogP contribution in [0, 0.1) is 0 Å². The Balaban J connectivity index is 2.51. The van der Waals surface area contributed by atoms with Crippen molar-refractivity contribution in [2.45, 2.75) is 25.8 Å². The van der Waals surface area contributed by atoms with Crippen molar-refractivity contribution in [3.8, 4) is 0 Å². The lowest BCUT2D eigenvalue weighted by atomic mass is 10.2. The molecule has 1 N–H and O–H groups in total. The standard InChI is InChI=1S/C6H11NO/c1-5(8)6-3-2-4-7-6/h6-7H,2-4H2,1H3/i4D2. The molecule has 1 aliphatic heterocycles. The lowest BCUT2D eigenvalue weighted by Crippen LogP contribution is -2.28. The highest BCUT2D eigenvalue weighted by Gasteiger charge is 2.17. The van der Waals surface area contributed by atoms with E-state index in [9.17, 15) is 4.79 Å². The third-order valence-electron chi connectivity index (χ3n) is 1.33. The van der Waals surface area contributed by atoms with Gasteiger partial charge in [0, 0.05) is 2.74 Å². The molecule has 0 aromatic heterocycles. The van der Waals surface area contributed by atoms with Crippen molar-refractivity contribution >= 4 is 5.78 Å². The number of carbonyl (C=O) groups excluding carboxylic acids is 1. The van der Waals surface area contributed by atoms with Crippen LogP contribution in [0.15, 0.2) is 0 Å². The summed E-state index contributed by atoms with van der Waals surface area (Å²) in [5.74, 6) is 0.0291. The maximum absolute atomic E-state index is 10.7. The Hall–Kier alpha value is -0.370. The second-order valence-electron chi connectivity index (χ2n) is 2.02. The fourth-order valence-corrected chi connectivity index (χ4v) is 0.789. The normalized spacial score (nSPS) is 38.4. The van der Waals surface area contributed by atoms with Gasteiger partial charge >= 0.3 is 0 Å². The van der Waals surface area contributed by atoms with Crippen molar-refractivity contribution in [3.63, 3.8) is 0 Å². The van der Waals surface area contributed by atoms with Crippen molar-refractivity contribution in [1.82, 2.24) is 5.32 Å². The van der Waals surface area contributed by atoms with E-state index in [4.69, 9.17) is 2.74 Å². The smallest absolute Gasteiger partial charge is 0.146 e. The largest absolute Gasteiger partial charge is 0.307 e. The molecule has 0 amide bonds. The number of ketones is 1. The summed E-state index contributed by atoms with van der Waals surface area (Å²) in [6, 6.07) is -0.255. The molecule has 46 valence electrons. The molecule has 0 bridgehead atoms. The summed E-state index contributed by atoms with van der Waals surface area (Å²) in [4.78, 5) is 10.7. The van der Waals surface area contributed by atoms with E-state index in [1.165, 1.54) is 6.92 Å². The number of Topliss-reactive ketones (excluding diaryl/α,β-unsaturated/α-hetero) is 1. The Morgan fingerprint density at radius 3 is 3.00 bits per heavy atom. The van der Waals surface area contributed by atoms with Crippen molar-refractivity contribution in [3.05, 3.63) is 0 Å². The fourth-order valence-electron chi connectivity index (χ4n) is 0.789. The number of nitrogens with one attached hydrogen (secondary N) is 1. The van der Waals surface area contributed by atoms with Crippen LogP contribution in [0.1, 0.15) is 22.5 Å². The first-order valence-corrected chi connectivity index (χ1v) is 2.79. The van der Waals surface area contributed by atoms with Gasteiger partial charge in [-0.05, 0) is 26.3 Å². The van der Waals surface area contributed by atoms with Crippen LogP contribution in [0.3, 0.4) is 0 Å². The minimum absolute atomic E-state index is 0.0291. The highest BCUT2D eigenvalue weighted by atomic mass is 16.1. The molecule has 1 saturated heterocycles. The van der Waals surface area contributed by atoms with Crippen LogP contribution in [-0.4, -0.2) is 18.3 Å². The Labute approximate surface area is 52.1 Å². The van der Waals surface area contributed by atoms with Crippen LogP contribution in [0.4, 0.5) is 0 Å². The Morgan fingerprint density at radius 1 is 2.00 bits per heavy atom. The summed E-state index contributed by atoms with van der Waals surface area (Å²) >= 11 is 0. The highest BCUT2D eigenvalue weighted by Crippen LogP contribution is 2.04. The first-order chi connectivity index (χ1) is 4.51. The van der Waals surface area contributed by atoms with E-state index < -0.39 is 6.50 Å². The Morgan fingerprint density at radius 2 is 2.75 bits per heavy atom. The fraction of sp³-hybridized carbons (Fsp3) is 0.833. The Bertz CT molecular complexity index is 158. The molecule has 2 heteroatoms. The molecule has 0 aliphatic carbocycles. The van der Waals surface area contributed by atoms with E-state index >= 15 is 0 Å². The maximum Gasteiger partial charge on any atom is 0.146 e. The molecule has 1 unspecified atom stereocenters. The number of rotatable bonds is 1. The topological polar surface area (TPSA) is 29.1 Å². The van der Waals surface area contributed by atoms with Gasteiger partial charge in [0.15, 0.2) is 0 Å². The molecule has 0 aromatic carbocycles. The van der Waals surface area contributed by atoms with E-state index in [2.05, 4.69) is 5.32 Å². The van der Waals surface area contributed by atoms with Gasteiger partial charge in [0.1, 0.15) is 5.78 Å². The van der Waals surface area contributed by atoms with Gasteiger partial charge in [0.2, 0.25) is 0 Å². The van der Waals surface area contributed by atoms with E-state index in [1.807, 2.05) is 0 Å². The van der Waals surface area contributed by atoms with Crippen molar-refractivity contribution in [2.75, 3.05) is 6.50 Å². The van der Waals surface area contributed by atoms with Crippen LogP contribution in [-0.2, 0) is 4.79 Å². The molecule has 1 aliphatic rings. The van der Waals surface area contributed by atoms with Gasteiger partial charge in [-0.2, -0.15) is 0 Å². The number of carbonyl (C=O) groups is 1. The predicted molar refractivity (Wildman–Crippen MR) is 31.7 cm³/mol. The van der Waals surface area contributed by atoms with Crippen LogP contribution < -0.4 is 5.32 Å². The summed E-state index contributed by atoms with van der Waals surface area (Å²) in [6.45, 7) is 0.162. The average molecular weight is 115 g/mol. The lowest BCUT2D eigenvalue weighted by Gasteiger charge is -2.01. The van der Waals surface area contributed by atoms with Crippen LogP contribution >= 0.6 is 0 Å². The minimum atomic E-state index is -1.32. The van der Waals surface area contributed by atoms with Gasteiger partial charge in [-0.15, -0.1) is 0 Å². The van der Waals surface area contributed by atoms with Gasteiger partial charge < -0.3 is 5.32 Å². The van der Waals surface area contributed by atoms with E-state index in [0.717, 1.165) is 0 Å². The van der Waals surface area contributed by atoms with Crippen LogP contribution in [0.25, 0.3) is 0 Å². The SMILES string of the molecule is [2H]C1([2H])CCC(C(C)=O)N1. The Kier molecular flexibility index (Phi) is 1.02. The summed E-state index contributed by atoms with van der Waals surface area (Å²) in [7, 11) is 0. The monoisotopic (exact) mass is 115 g/mol. The molecule has 8 heavy (non-hydrogen) atoms. The second kappa shape index (κ2) is 2.27. The van der Waals surface area contributed by atoms with Gasteiger partial charge in [0.05, 0.1) is 6.04 Å². The molecule has 1 rings (SSSR count). The molecule has 0 radical (unpaired) electrons. The third kappa shape index (κ3) is 1.07. The number of hydrogen-bond acceptors (Lipinski definition) is 2. The first-order valence-electron chi connectivity index (χ1n) is 3.79. The van der Waals surface area contributed by atoms with Crippen LogP contribution in [0.5, 0.6) is 0 Å². The van der Waals surface area contributed by atoms with Gasteiger partial charge in [-0.3, -0.25) is 4.79 Å². The molecule has 0 spiro atoms. The van der Waals surface area contributed by atoms with Gasteiger partial charge in [-0.1, -0.05) is 0 Å². The van der Waals surface area contributed by atoms with Gasteiger partial charge in [-0.25, -0.2) is 0 Å². The van der Waals surface area contributed by atoms with Crippen LogP contribution in [0.2, 0.25) is 0 Å². The van der Waals surface area contributed by atoms with E-state index in [-0.39, 0.29) is 11.8 Å². The highest BCUT2D eigenvalue weighted by molar-refractivity contribution is 5.81. The molecule has 0 saturated carbocycles. The summed E-state index contributed by atoms with van der Waals surface area (Å²) < 4.78 is 14.4. The summed E-state index contributed by atoms with van der Waals surface area (Å²) in [6.07, 6.45) is 1.07. The molecule has 1 atom stereocenters. The molecule has 1 fully saturated rings. The average Bonchev–Trinajstić information content (AvgIpc) is 2.10. The zero-order valence-electron chi connectivity index (χ0n) is 6.90. The second-order valence-corrected chi connectivity index (χ2v) is 2.02. The zero-order chi connectivity index (χ0) is 7.78. The van der Waals surface area contributed by atoms with Crippen molar-refractivity contribution < 1.29 is 7.54 Å². The summed E-state index contributed by atoms with van der Waals surface area (Å²) in [5, 5.41) is 2.61. The maximum atomic E-state index is 10.7. The molecular formula is C6H11NO. The van der Waals surface area contributed by atoms with E-state index in [0.29, 0.717) is 12.8 Å². The number of hydrogen-bond donors (Lipinski definition) is 1. The predicted octanol–water partition coefficient (Wildman–Crippen LogP) is 0.327. The first kappa shape index (κ1) is 3.62. The zero-order valence-corrected chi connectivity index (χ0v) is 4.90. The van der Waals surface area contributed by atoms with Crippen molar-refractivity contribution in [1.29, 1.82) is 0 Å². The minimum Gasteiger partial charge on any atom is -0.307 e. The van der Waals surface area contributed by atoms with E-state index in [1.54, 1.807) is 0 Å². The molecule has 1 heterocycles. The third-order valence-corrected chi connectivity index (χ3v) is 1.33. The quantitative estimate of drug-likeness (QED) is 0.533.